The van der Waals surface area contributed by atoms with Gasteiger partial charge in [-0.05, 0) is 25.0 Å². The number of carbonyl (C=O) groups is 2. The van der Waals surface area contributed by atoms with Crippen molar-refractivity contribution >= 4 is 28.6 Å². The average molecular weight is 303 g/mol. The Bertz CT molecular complexity index is 664. The van der Waals surface area contributed by atoms with Crippen LogP contribution in [0.25, 0.3) is 11.1 Å². The molecule has 6 nitrogen and oxygen atoms in total. The number of nitrogens with one attached hydrogen (secondary N) is 2. The van der Waals surface area contributed by atoms with E-state index in [2.05, 4.69) is 15.6 Å². The monoisotopic (exact) mass is 303 g/mol. The summed E-state index contributed by atoms with van der Waals surface area (Å²) in [5.41, 5.74) is 2.17. The van der Waals surface area contributed by atoms with E-state index in [-0.39, 0.29) is 11.8 Å². The van der Waals surface area contributed by atoms with Crippen molar-refractivity contribution < 1.29 is 14.0 Å². The molecule has 0 spiro atoms. The van der Waals surface area contributed by atoms with Crippen LogP contribution in [0.3, 0.4) is 0 Å². The summed E-state index contributed by atoms with van der Waals surface area (Å²) in [5, 5.41) is 5.59. The Morgan fingerprint density at radius 1 is 1.23 bits per heavy atom. The third-order valence-corrected chi connectivity index (χ3v) is 3.23. The number of amides is 2. The lowest BCUT2D eigenvalue weighted by Crippen LogP contribution is -2.20. The van der Waals surface area contributed by atoms with Crippen LogP contribution in [0.2, 0.25) is 0 Å². The normalized spacial score (nSPS) is 10.6. The van der Waals surface area contributed by atoms with Crippen LogP contribution in [-0.4, -0.2) is 23.3 Å². The summed E-state index contributed by atoms with van der Waals surface area (Å²) in [7, 11) is 0. The summed E-state index contributed by atoms with van der Waals surface area (Å²) in [6.07, 6.45) is 3.06. The van der Waals surface area contributed by atoms with Crippen LogP contribution in [0.1, 0.15) is 38.5 Å². The van der Waals surface area contributed by atoms with E-state index in [1.54, 1.807) is 13.0 Å². The molecule has 0 radical (unpaired) electrons. The van der Waals surface area contributed by atoms with E-state index >= 15 is 0 Å². The highest BCUT2D eigenvalue weighted by molar-refractivity contribution is 5.92. The van der Waals surface area contributed by atoms with Gasteiger partial charge in [0.15, 0.2) is 11.5 Å². The molecule has 1 aromatic heterocycles. The zero-order chi connectivity index (χ0) is 15.9. The first-order valence-corrected chi connectivity index (χ1v) is 7.46. The van der Waals surface area contributed by atoms with Crippen molar-refractivity contribution in [2.24, 2.45) is 0 Å². The van der Waals surface area contributed by atoms with Crippen molar-refractivity contribution in [1.82, 2.24) is 10.3 Å². The minimum Gasteiger partial charge on any atom is -0.441 e. The number of unbranched alkanes of at least 4 members (excludes halogenated alkanes) is 2. The number of nitrogens with zero attached hydrogens (tertiary/aromatic N) is 1. The largest absolute Gasteiger partial charge is 0.441 e. The van der Waals surface area contributed by atoms with E-state index in [0.29, 0.717) is 30.1 Å². The van der Waals surface area contributed by atoms with E-state index in [9.17, 15) is 9.59 Å². The van der Waals surface area contributed by atoms with Crippen molar-refractivity contribution in [2.75, 3.05) is 11.9 Å². The second-order valence-electron chi connectivity index (χ2n) is 5.26. The molecule has 0 aliphatic carbocycles. The molecule has 0 bridgehead atoms. The topological polar surface area (TPSA) is 84.2 Å². The Balaban J connectivity index is 1.72. The van der Waals surface area contributed by atoms with Gasteiger partial charge in [0.2, 0.25) is 11.8 Å². The molecule has 2 aromatic rings. The molecule has 0 saturated heterocycles. The summed E-state index contributed by atoms with van der Waals surface area (Å²) in [6.45, 7) is 3.96. The predicted octanol–water partition coefficient (Wildman–Crippen LogP) is 2.77. The lowest BCUT2D eigenvalue weighted by molar-refractivity contribution is -0.119. The fourth-order valence-electron chi connectivity index (χ4n) is 2.19. The maximum Gasteiger partial charge on any atom is 0.224 e. The van der Waals surface area contributed by atoms with Crippen molar-refractivity contribution in [1.29, 1.82) is 0 Å². The molecular formula is C16H21N3O3. The van der Waals surface area contributed by atoms with E-state index < -0.39 is 0 Å². The Morgan fingerprint density at radius 2 is 2.05 bits per heavy atom. The highest BCUT2D eigenvalue weighted by Crippen LogP contribution is 2.20. The van der Waals surface area contributed by atoms with Gasteiger partial charge in [-0.15, -0.1) is 0 Å². The molecule has 0 fully saturated rings. The molecule has 2 amide bonds. The molecule has 0 aliphatic rings. The van der Waals surface area contributed by atoms with Gasteiger partial charge < -0.3 is 15.1 Å². The molecule has 118 valence electrons. The Hall–Kier alpha value is -2.37. The van der Waals surface area contributed by atoms with Gasteiger partial charge in [0.05, 0.1) is 0 Å². The highest BCUT2D eigenvalue weighted by Gasteiger charge is 2.06. The molecule has 2 N–H and O–H groups in total. The lowest BCUT2D eigenvalue weighted by atomic mass is 10.2. The number of hydrogen-bond acceptors (Lipinski definition) is 4. The zero-order valence-electron chi connectivity index (χ0n) is 12.9. The second kappa shape index (κ2) is 7.59. The van der Waals surface area contributed by atoms with Crippen molar-refractivity contribution in [3.05, 3.63) is 24.1 Å². The van der Waals surface area contributed by atoms with Gasteiger partial charge in [-0.25, -0.2) is 4.98 Å². The van der Waals surface area contributed by atoms with Crippen LogP contribution in [0.5, 0.6) is 0 Å². The van der Waals surface area contributed by atoms with Gasteiger partial charge in [-0.1, -0.05) is 6.42 Å². The highest BCUT2D eigenvalue weighted by atomic mass is 16.3. The molecule has 1 aromatic carbocycles. The number of hydrogen-bond donors (Lipinski definition) is 2. The van der Waals surface area contributed by atoms with Crippen LogP contribution < -0.4 is 10.6 Å². The van der Waals surface area contributed by atoms with Crippen LogP contribution in [0.15, 0.2) is 22.6 Å². The molecule has 2 rings (SSSR count). The molecule has 0 unspecified atom stereocenters. The molecule has 6 heteroatoms. The summed E-state index contributed by atoms with van der Waals surface area (Å²) in [5.74, 6) is 0.573. The zero-order valence-corrected chi connectivity index (χ0v) is 12.9. The average Bonchev–Trinajstić information content (AvgIpc) is 2.81. The third-order valence-electron chi connectivity index (χ3n) is 3.23. The van der Waals surface area contributed by atoms with Gasteiger partial charge >= 0.3 is 0 Å². The minimum absolute atomic E-state index is 0.0178. The predicted molar refractivity (Wildman–Crippen MR) is 84.5 cm³/mol. The van der Waals surface area contributed by atoms with E-state index in [1.165, 1.54) is 6.92 Å². The first-order valence-electron chi connectivity index (χ1n) is 7.46. The van der Waals surface area contributed by atoms with Crippen molar-refractivity contribution in [3.8, 4) is 0 Å². The first kappa shape index (κ1) is 16.0. The Morgan fingerprint density at radius 3 is 2.82 bits per heavy atom. The lowest BCUT2D eigenvalue weighted by Gasteiger charge is -2.05. The molecule has 0 saturated carbocycles. The molecule has 22 heavy (non-hydrogen) atoms. The standard InChI is InChI=1S/C16H21N3O3/c1-11(20)17-9-5-3-4-6-16(21)19-13-7-8-14-15(10-13)22-12(2)18-14/h7-8,10H,3-6,9H2,1-2H3,(H,17,20)(H,19,21). The first-order chi connectivity index (χ1) is 10.5. The van der Waals surface area contributed by atoms with E-state index in [0.717, 1.165) is 24.8 Å². The van der Waals surface area contributed by atoms with Gasteiger partial charge in [0, 0.05) is 38.6 Å². The second-order valence-corrected chi connectivity index (χ2v) is 5.26. The number of oxazole rings is 1. The van der Waals surface area contributed by atoms with Gasteiger partial charge in [-0.2, -0.15) is 0 Å². The number of benzene rings is 1. The SMILES string of the molecule is CC(=O)NCCCCCC(=O)Nc1ccc2nc(C)oc2c1. The smallest absolute Gasteiger partial charge is 0.224 e. The van der Waals surface area contributed by atoms with Crippen molar-refractivity contribution in [3.63, 3.8) is 0 Å². The number of fused-ring (bicyclic) bond motifs is 1. The number of aryl methyl sites for hydroxylation is 1. The number of anilines is 1. The minimum atomic E-state index is -0.0184. The maximum atomic E-state index is 11.9. The van der Waals surface area contributed by atoms with E-state index in [1.807, 2.05) is 12.1 Å². The maximum absolute atomic E-state index is 11.9. The summed E-state index contributed by atoms with van der Waals surface area (Å²) in [6, 6.07) is 5.43. The fraction of sp³-hybridized carbons (Fsp3) is 0.438. The van der Waals surface area contributed by atoms with Gasteiger partial charge in [0.1, 0.15) is 5.52 Å². The third kappa shape index (κ3) is 4.87. The molecule has 0 aliphatic heterocycles. The quantitative estimate of drug-likeness (QED) is 0.770. The van der Waals surface area contributed by atoms with Gasteiger partial charge in [-0.3, -0.25) is 9.59 Å². The molecule has 1 heterocycles. The van der Waals surface area contributed by atoms with Crippen molar-refractivity contribution in [2.45, 2.75) is 39.5 Å². The van der Waals surface area contributed by atoms with Gasteiger partial charge in [0.25, 0.3) is 0 Å². The van der Waals surface area contributed by atoms with E-state index in [4.69, 9.17) is 4.42 Å². The number of aromatic nitrogens is 1. The molecular weight excluding hydrogens is 282 g/mol. The Labute approximate surface area is 129 Å². The van der Waals surface area contributed by atoms with Crippen LogP contribution in [0.4, 0.5) is 5.69 Å². The summed E-state index contributed by atoms with van der Waals surface area (Å²) >= 11 is 0. The fourth-order valence-corrected chi connectivity index (χ4v) is 2.19. The summed E-state index contributed by atoms with van der Waals surface area (Å²) < 4.78 is 5.44. The Kier molecular flexibility index (Phi) is 5.52. The summed E-state index contributed by atoms with van der Waals surface area (Å²) in [4.78, 5) is 26.8. The van der Waals surface area contributed by atoms with Crippen LogP contribution in [0, 0.1) is 6.92 Å². The van der Waals surface area contributed by atoms with Crippen LogP contribution >= 0.6 is 0 Å². The van der Waals surface area contributed by atoms with Crippen LogP contribution in [-0.2, 0) is 9.59 Å². The molecule has 0 atom stereocenters. The number of rotatable bonds is 7. The number of carbonyl (C=O) groups excluding carboxylic acids is 2.